The second kappa shape index (κ2) is 12.3. The molecule has 2 bridgehead atoms. The molecular weight excluding hydrogens is 492 g/mol. The maximum absolute atomic E-state index is 13.1. The van der Waals surface area contributed by atoms with E-state index >= 15 is 0 Å². The lowest BCUT2D eigenvalue weighted by atomic mass is 9.70. The van der Waals surface area contributed by atoms with Crippen LogP contribution in [0.15, 0.2) is 0 Å². The molecule has 2 saturated heterocycles. The van der Waals surface area contributed by atoms with Gasteiger partial charge in [0.25, 0.3) is 0 Å². The highest BCUT2D eigenvalue weighted by Gasteiger charge is 2.59. The number of aliphatic carboxylic acids is 1. The summed E-state index contributed by atoms with van der Waals surface area (Å²) in [5.41, 5.74) is -1.09. The largest absolute Gasteiger partial charge is 0.481 e. The summed E-state index contributed by atoms with van der Waals surface area (Å²) < 4.78 is 24.1. The molecule has 5 atom stereocenters. The molecule has 0 aromatic rings. The number of carboxylic acids is 1. The Kier molecular flexibility index (Phi) is 10.6. The van der Waals surface area contributed by atoms with Gasteiger partial charge in [-0.3, -0.25) is 14.4 Å². The minimum atomic E-state index is -2.24. The van der Waals surface area contributed by atoms with Crippen LogP contribution in [0.4, 0.5) is 0 Å². The first-order valence-corrected chi connectivity index (χ1v) is 16.6. The Balaban J connectivity index is 2.10. The van der Waals surface area contributed by atoms with Crippen LogP contribution in [0.2, 0.25) is 18.1 Å². The van der Waals surface area contributed by atoms with Crippen molar-refractivity contribution in [1.29, 1.82) is 0 Å². The van der Waals surface area contributed by atoms with Crippen LogP contribution in [-0.4, -0.2) is 69.3 Å². The Labute approximate surface area is 224 Å². The van der Waals surface area contributed by atoms with Crippen molar-refractivity contribution in [3.8, 4) is 0 Å². The molecule has 9 heteroatoms. The topological polar surface area (TPSA) is 108 Å². The second-order valence-corrected chi connectivity index (χ2v) is 17.9. The molecule has 1 N–H and O–H groups in total. The smallest absolute Gasteiger partial charge is 0.311 e. The van der Waals surface area contributed by atoms with E-state index in [1.807, 2.05) is 20.8 Å². The van der Waals surface area contributed by atoms with Crippen molar-refractivity contribution in [3.05, 3.63) is 0 Å². The van der Waals surface area contributed by atoms with Gasteiger partial charge in [-0.2, -0.15) is 0 Å². The number of ketones is 1. The monoisotopic (exact) mass is 542 g/mol. The summed E-state index contributed by atoms with van der Waals surface area (Å²) in [5, 5.41) is 9.34. The van der Waals surface area contributed by atoms with E-state index in [0.29, 0.717) is 19.4 Å². The number of carboxylic acid groups (broad SMARTS) is 1. The van der Waals surface area contributed by atoms with Gasteiger partial charge in [-0.05, 0) is 57.7 Å². The van der Waals surface area contributed by atoms with E-state index in [0.717, 1.165) is 12.8 Å². The molecule has 0 spiro atoms. The third-order valence-electron chi connectivity index (χ3n) is 9.05. The minimum Gasteiger partial charge on any atom is -0.481 e. The third-order valence-corrected chi connectivity index (χ3v) is 13.6. The van der Waals surface area contributed by atoms with Crippen molar-refractivity contribution in [2.24, 2.45) is 17.3 Å². The fraction of sp³-hybridized carbons (Fsp3) is 0.893. The maximum Gasteiger partial charge on any atom is 0.311 e. The van der Waals surface area contributed by atoms with E-state index in [4.69, 9.17) is 18.6 Å². The first kappa shape index (κ1) is 31.9. The van der Waals surface area contributed by atoms with Gasteiger partial charge in [0.1, 0.15) is 5.78 Å². The fourth-order valence-corrected chi connectivity index (χ4v) is 6.60. The summed E-state index contributed by atoms with van der Waals surface area (Å²) >= 11 is 0. The van der Waals surface area contributed by atoms with Crippen molar-refractivity contribution in [2.45, 2.75) is 122 Å². The summed E-state index contributed by atoms with van der Waals surface area (Å²) in [5.74, 6) is -1.15. The highest BCUT2D eigenvalue weighted by molar-refractivity contribution is 6.74. The molecule has 2 aliphatic rings. The zero-order valence-corrected chi connectivity index (χ0v) is 25.5. The number of rotatable bonds is 15. The van der Waals surface area contributed by atoms with Crippen molar-refractivity contribution in [2.75, 3.05) is 20.3 Å². The Morgan fingerprint density at radius 2 is 1.76 bits per heavy atom. The molecule has 2 fully saturated rings. The number of carbonyl (C=O) groups excluding carboxylic acids is 2. The maximum atomic E-state index is 13.1. The van der Waals surface area contributed by atoms with Crippen LogP contribution in [0.3, 0.4) is 0 Å². The molecule has 37 heavy (non-hydrogen) atoms. The Morgan fingerprint density at radius 1 is 1.11 bits per heavy atom. The lowest BCUT2D eigenvalue weighted by Crippen LogP contribution is -2.45. The van der Waals surface area contributed by atoms with Gasteiger partial charge in [-0.25, -0.2) is 0 Å². The molecule has 1 unspecified atom stereocenters. The first-order valence-electron chi connectivity index (χ1n) is 13.7. The summed E-state index contributed by atoms with van der Waals surface area (Å²) in [6.07, 6.45) is 2.44. The zero-order chi connectivity index (χ0) is 28.2. The van der Waals surface area contributed by atoms with Gasteiger partial charge in [0.05, 0.1) is 42.9 Å². The van der Waals surface area contributed by atoms with Crippen molar-refractivity contribution in [1.82, 2.24) is 0 Å². The van der Waals surface area contributed by atoms with Crippen LogP contribution in [-0.2, 0) is 33.0 Å². The number of ether oxygens (including phenoxy) is 3. The molecule has 2 aliphatic heterocycles. The van der Waals surface area contributed by atoms with Gasteiger partial charge in [0.2, 0.25) is 0 Å². The number of hydrogen-bond acceptors (Lipinski definition) is 7. The van der Waals surface area contributed by atoms with Crippen LogP contribution in [0, 0.1) is 17.3 Å². The summed E-state index contributed by atoms with van der Waals surface area (Å²) in [4.78, 5) is 37.3. The van der Waals surface area contributed by atoms with E-state index in [1.165, 1.54) is 0 Å². The van der Waals surface area contributed by atoms with Crippen LogP contribution >= 0.6 is 0 Å². The molecule has 0 radical (unpaired) electrons. The quantitative estimate of drug-likeness (QED) is 0.217. The predicted molar refractivity (Wildman–Crippen MR) is 144 cm³/mol. The molecule has 0 aromatic carbocycles. The van der Waals surface area contributed by atoms with E-state index in [-0.39, 0.29) is 60.6 Å². The lowest BCUT2D eigenvalue weighted by molar-refractivity contribution is -0.158. The second-order valence-electron chi connectivity index (χ2n) is 13.2. The molecule has 2 rings (SSSR count). The van der Waals surface area contributed by atoms with E-state index < -0.39 is 31.4 Å². The van der Waals surface area contributed by atoms with Crippen LogP contribution in [0.1, 0.15) is 86.5 Å². The molecule has 214 valence electrons. The summed E-state index contributed by atoms with van der Waals surface area (Å²) in [6.45, 7) is 16.9. The van der Waals surface area contributed by atoms with Crippen LogP contribution < -0.4 is 0 Å². The fourth-order valence-electron chi connectivity index (χ4n) is 5.25. The van der Waals surface area contributed by atoms with Gasteiger partial charge in [-0.15, -0.1) is 0 Å². The predicted octanol–water partition coefficient (Wildman–Crippen LogP) is 5.38. The Morgan fingerprint density at radius 3 is 2.30 bits per heavy atom. The highest BCUT2D eigenvalue weighted by Crippen LogP contribution is 2.54. The lowest BCUT2D eigenvalue weighted by Gasteiger charge is -2.39. The molecule has 0 saturated carbocycles. The Bertz CT molecular complexity index is 817. The molecule has 0 aromatic heterocycles. The van der Waals surface area contributed by atoms with Gasteiger partial charge in [0, 0.05) is 31.8 Å². The number of Topliss-reactive ketones (excluding diaryl/α,β-unsaturated/α-hetero) is 1. The summed E-state index contributed by atoms with van der Waals surface area (Å²) in [7, 11) is -0.574. The van der Waals surface area contributed by atoms with Crippen molar-refractivity contribution >= 4 is 26.0 Å². The zero-order valence-electron chi connectivity index (χ0n) is 24.5. The normalized spacial score (nSPS) is 26.8. The number of methoxy groups -OCH3 is 1. The number of fused-ring (bicyclic) bond motifs is 2. The van der Waals surface area contributed by atoms with Gasteiger partial charge >= 0.3 is 11.9 Å². The SMILES string of the molecule is CCC(C)(C)C(=O)OC[C@@H]1[C@H](COC)[C@H]2CC[C@@]1(CCC(=O)CC(CC(=O)O)O[Si](C)(C)C(C)(C)C)O2. The molecule has 2 heterocycles. The van der Waals surface area contributed by atoms with E-state index in [9.17, 15) is 19.5 Å². The molecular formula is C28H50O8Si. The van der Waals surface area contributed by atoms with Gasteiger partial charge < -0.3 is 23.7 Å². The summed E-state index contributed by atoms with van der Waals surface area (Å²) in [6, 6.07) is 0. The standard InChI is InChI=1S/C28H50O8Si/c1-10-27(5,6)25(32)34-18-22-21(17-33-7)23-12-14-28(22,35-23)13-11-19(29)15-20(16-24(30)31)36-37(8,9)26(2,3)4/h20-23H,10-18H2,1-9H3,(H,30,31)/t20?,21-,22+,23+,28+/m0/s1. The van der Waals surface area contributed by atoms with Crippen molar-refractivity contribution < 1.29 is 38.1 Å². The van der Waals surface area contributed by atoms with Gasteiger partial charge in [-0.1, -0.05) is 27.7 Å². The minimum absolute atomic E-state index is 0.0237. The Hall–Kier alpha value is -1.29. The number of esters is 1. The average molecular weight is 543 g/mol. The van der Waals surface area contributed by atoms with E-state index in [1.54, 1.807) is 7.11 Å². The van der Waals surface area contributed by atoms with Crippen LogP contribution in [0.25, 0.3) is 0 Å². The van der Waals surface area contributed by atoms with Gasteiger partial charge in [0.15, 0.2) is 8.32 Å². The first-order chi connectivity index (χ1) is 17.0. The van der Waals surface area contributed by atoms with Crippen LogP contribution in [0.5, 0.6) is 0 Å². The third kappa shape index (κ3) is 7.86. The molecule has 0 amide bonds. The number of carbonyl (C=O) groups is 3. The van der Waals surface area contributed by atoms with E-state index in [2.05, 4.69) is 33.9 Å². The average Bonchev–Trinajstić information content (AvgIpc) is 3.32. The highest BCUT2D eigenvalue weighted by atomic mass is 28.4. The number of hydrogen-bond donors (Lipinski definition) is 1. The van der Waals surface area contributed by atoms with Crippen molar-refractivity contribution in [3.63, 3.8) is 0 Å². The molecule has 8 nitrogen and oxygen atoms in total. The molecule has 0 aliphatic carbocycles.